The summed E-state index contributed by atoms with van der Waals surface area (Å²) < 4.78 is 18.6. The Labute approximate surface area is 158 Å². The first-order valence-electron chi connectivity index (χ1n) is 8.80. The van der Waals surface area contributed by atoms with Crippen LogP contribution < -0.4 is 19.5 Å². The minimum atomic E-state index is -0.225. The van der Waals surface area contributed by atoms with E-state index in [0.29, 0.717) is 17.2 Å². The first-order valence-corrected chi connectivity index (χ1v) is 8.80. The molecule has 0 saturated carbocycles. The minimum absolute atomic E-state index is 0.225. The zero-order valence-electron chi connectivity index (χ0n) is 16.2. The number of hydrogen-bond acceptors (Lipinski definition) is 5. The topological polar surface area (TPSA) is 57.5 Å². The highest BCUT2D eigenvalue weighted by Gasteiger charge is 2.30. The fourth-order valence-electron chi connectivity index (χ4n) is 3.66. The van der Waals surface area contributed by atoms with Gasteiger partial charge < -0.3 is 19.5 Å². The van der Waals surface area contributed by atoms with Gasteiger partial charge in [-0.05, 0) is 31.5 Å². The average Bonchev–Trinajstić information content (AvgIpc) is 3.08. The van der Waals surface area contributed by atoms with Crippen molar-refractivity contribution < 1.29 is 14.2 Å². The first-order chi connectivity index (χ1) is 13.1. The van der Waals surface area contributed by atoms with Crippen LogP contribution in [0.2, 0.25) is 0 Å². The predicted octanol–water partition coefficient (Wildman–Crippen LogP) is 4.17. The van der Waals surface area contributed by atoms with Gasteiger partial charge in [0.25, 0.3) is 0 Å². The summed E-state index contributed by atoms with van der Waals surface area (Å²) >= 11 is 0. The van der Waals surface area contributed by atoms with Crippen molar-refractivity contribution in [2.75, 3.05) is 26.6 Å². The van der Waals surface area contributed by atoms with Crippen LogP contribution in [-0.2, 0) is 0 Å². The lowest BCUT2D eigenvalue weighted by molar-refractivity contribution is 0.345. The Balaban J connectivity index is 1.94. The molecule has 4 rings (SSSR count). The maximum absolute atomic E-state index is 5.66. The van der Waals surface area contributed by atoms with Crippen LogP contribution in [0.1, 0.15) is 23.0 Å². The number of fused-ring (bicyclic) bond motifs is 3. The number of methoxy groups -OCH3 is 3. The van der Waals surface area contributed by atoms with Gasteiger partial charge in [0, 0.05) is 22.9 Å². The van der Waals surface area contributed by atoms with Crippen molar-refractivity contribution >= 4 is 5.69 Å². The van der Waals surface area contributed by atoms with Gasteiger partial charge in [0.15, 0.2) is 17.7 Å². The highest BCUT2D eigenvalue weighted by atomic mass is 16.5. The summed E-state index contributed by atoms with van der Waals surface area (Å²) in [5.74, 6) is 1.99. The Hall–Kier alpha value is -3.15. The molecule has 0 radical (unpaired) electrons. The molecule has 1 aromatic heterocycles. The molecule has 3 aromatic rings. The fraction of sp³-hybridized carbons (Fsp3) is 0.286. The second-order valence-corrected chi connectivity index (χ2v) is 6.61. The highest BCUT2D eigenvalue weighted by molar-refractivity contribution is 5.81. The molecular formula is C21H23N3O3. The summed E-state index contributed by atoms with van der Waals surface area (Å²) in [5.41, 5.74) is 6.39. The minimum Gasteiger partial charge on any atom is -0.496 e. The normalized spacial score (nSPS) is 14.8. The van der Waals surface area contributed by atoms with Crippen molar-refractivity contribution in [1.29, 1.82) is 0 Å². The summed E-state index contributed by atoms with van der Waals surface area (Å²) in [7, 11) is 4.90. The number of para-hydroxylation sites is 1. The molecule has 1 atom stereocenters. The number of nitrogens with zero attached hydrogens (tertiary/aromatic N) is 2. The molecule has 0 fully saturated rings. The van der Waals surface area contributed by atoms with Crippen molar-refractivity contribution in [3.05, 3.63) is 53.2 Å². The number of aryl methyl sites for hydroxylation is 2. The van der Waals surface area contributed by atoms with E-state index in [1.165, 1.54) is 5.56 Å². The molecule has 6 heteroatoms. The molecule has 1 aliphatic rings. The molecule has 0 aliphatic carbocycles. The smallest absolute Gasteiger partial charge is 0.164 e. The average molecular weight is 365 g/mol. The van der Waals surface area contributed by atoms with E-state index >= 15 is 0 Å². The van der Waals surface area contributed by atoms with Crippen molar-refractivity contribution in [3.63, 3.8) is 0 Å². The van der Waals surface area contributed by atoms with Gasteiger partial charge in [-0.15, -0.1) is 0 Å². The number of benzene rings is 2. The van der Waals surface area contributed by atoms with Crippen molar-refractivity contribution in [2.24, 2.45) is 0 Å². The maximum Gasteiger partial charge on any atom is 0.164 e. The van der Waals surface area contributed by atoms with Crippen LogP contribution in [0.5, 0.6) is 17.2 Å². The van der Waals surface area contributed by atoms with E-state index < -0.39 is 0 Å². The van der Waals surface area contributed by atoms with Gasteiger partial charge in [0.05, 0.1) is 32.7 Å². The van der Waals surface area contributed by atoms with Crippen LogP contribution in [0.3, 0.4) is 0 Å². The fourth-order valence-corrected chi connectivity index (χ4v) is 3.66. The molecule has 6 nitrogen and oxygen atoms in total. The Bertz CT molecular complexity index is 1010. The van der Waals surface area contributed by atoms with Crippen LogP contribution in [-0.4, -0.2) is 31.1 Å². The predicted molar refractivity (Wildman–Crippen MR) is 105 cm³/mol. The van der Waals surface area contributed by atoms with Gasteiger partial charge in [0.1, 0.15) is 5.75 Å². The lowest BCUT2D eigenvalue weighted by atomic mass is 10.00. The van der Waals surface area contributed by atoms with Gasteiger partial charge in [-0.2, -0.15) is 5.10 Å². The van der Waals surface area contributed by atoms with Crippen LogP contribution >= 0.6 is 0 Å². The molecule has 0 bridgehead atoms. The Morgan fingerprint density at radius 1 is 0.926 bits per heavy atom. The second kappa shape index (κ2) is 6.54. The molecule has 2 aromatic carbocycles. The third kappa shape index (κ3) is 2.68. The molecular weight excluding hydrogens is 342 g/mol. The second-order valence-electron chi connectivity index (χ2n) is 6.61. The molecule has 0 saturated heterocycles. The maximum atomic E-state index is 5.66. The van der Waals surface area contributed by atoms with E-state index in [9.17, 15) is 0 Å². The monoisotopic (exact) mass is 365 g/mol. The standard InChI is InChI=1S/C21H23N3O3/c1-12-7-6-8-14-16-9-13(2)23-24(16)21(22-20(12)14)15-10-18(26-4)19(27-5)11-17(15)25-3/h6-11,21-22H,1-5H3/t21-/m0/s1. The van der Waals surface area contributed by atoms with Crippen molar-refractivity contribution in [3.8, 4) is 28.5 Å². The zero-order chi connectivity index (χ0) is 19.1. The van der Waals surface area contributed by atoms with Gasteiger partial charge in [0.2, 0.25) is 0 Å². The van der Waals surface area contributed by atoms with Crippen LogP contribution in [0.25, 0.3) is 11.3 Å². The van der Waals surface area contributed by atoms with Crippen molar-refractivity contribution in [1.82, 2.24) is 9.78 Å². The number of aromatic nitrogens is 2. The SMILES string of the molecule is COc1cc(OC)c([C@H]2Nc3c(C)cccc3-c3cc(C)nn32)cc1OC. The Kier molecular flexibility index (Phi) is 4.18. The summed E-state index contributed by atoms with van der Waals surface area (Å²) in [4.78, 5) is 0. The molecule has 140 valence electrons. The summed E-state index contributed by atoms with van der Waals surface area (Å²) in [6.07, 6.45) is -0.225. The van der Waals surface area contributed by atoms with Gasteiger partial charge in [-0.3, -0.25) is 0 Å². The molecule has 0 amide bonds. The third-order valence-electron chi connectivity index (χ3n) is 4.96. The van der Waals surface area contributed by atoms with Crippen LogP contribution in [0.4, 0.5) is 5.69 Å². The highest BCUT2D eigenvalue weighted by Crippen LogP contribution is 2.44. The summed E-state index contributed by atoms with van der Waals surface area (Å²) in [6, 6.07) is 12.2. The molecule has 1 aliphatic heterocycles. The molecule has 1 N–H and O–H groups in total. The number of hydrogen-bond donors (Lipinski definition) is 1. The molecule has 27 heavy (non-hydrogen) atoms. The number of anilines is 1. The third-order valence-corrected chi connectivity index (χ3v) is 4.96. The van der Waals surface area contributed by atoms with E-state index in [-0.39, 0.29) is 6.17 Å². The van der Waals surface area contributed by atoms with Gasteiger partial charge >= 0.3 is 0 Å². The number of ether oxygens (including phenoxy) is 3. The van der Waals surface area contributed by atoms with E-state index in [1.807, 2.05) is 23.7 Å². The molecule has 2 heterocycles. The lowest BCUT2D eigenvalue weighted by Gasteiger charge is -2.31. The summed E-state index contributed by atoms with van der Waals surface area (Å²) in [5, 5.41) is 8.38. The van der Waals surface area contributed by atoms with Gasteiger partial charge in [-0.25, -0.2) is 4.68 Å². The number of rotatable bonds is 4. The first kappa shape index (κ1) is 17.3. The van der Waals surface area contributed by atoms with Crippen LogP contribution in [0.15, 0.2) is 36.4 Å². The quantitative estimate of drug-likeness (QED) is 0.752. The van der Waals surface area contributed by atoms with Crippen molar-refractivity contribution in [2.45, 2.75) is 20.0 Å². The van der Waals surface area contributed by atoms with E-state index in [2.05, 4.69) is 36.5 Å². The molecule has 0 unspecified atom stereocenters. The Morgan fingerprint density at radius 3 is 2.33 bits per heavy atom. The molecule has 0 spiro atoms. The zero-order valence-corrected chi connectivity index (χ0v) is 16.2. The number of nitrogens with one attached hydrogen (secondary N) is 1. The largest absolute Gasteiger partial charge is 0.496 e. The van der Waals surface area contributed by atoms with E-state index in [0.717, 1.165) is 28.2 Å². The van der Waals surface area contributed by atoms with Gasteiger partial charge in [-0.1, -0.05) is 18.2 Å². The van der Waals surface area contributed by atoms with E-state index in [4.69, 9.17) is 19.3 Å². The summed E-state index contributed by atoms with van der Waals surface area (Å²) in [6.45, 7) is 4.11. The van der Waals surface area contributed by atoms with E-state index in [1.54, 1.807) is 21.3 Å². The lowest BCUT2D eigenvalue weighted by Crippen LogP contribution is -2.26. The van der Waals surface area contributed by atoms with Crippen LogP contribution in [0, 0.1) is 13.8 Å². The Morgan fingerprint density at radius 2 is 1.63 bits per heavy atom.